The number of pyridine rings is 1. The van der Waals surface area contributed by atoms with Crippen LogP contribution in [0.1, 0.15) is 10.7 Å². The fraction of sp³-hybridized carbons (Fsp3) is 0.200. The van der Waals surface area contributed by atoms with Crippen LogP contribution in [0.15, 0.2) is 24.4 Å². The molecule has 0 aliphatic carbocycles. The Morgan fingerprint density at radius 2 is 2.14 bits per heavy atom. The van der Waals surface area contributed by atoms with Gasteiger partial charge in [-0.1, -0.05) is 0 Å². The molecule has 4 heteroatoms. The lowest BCUT2D eigenvalue weighted by Gasteiger charge is -2.00. The fourth-order valence-electron chi connectivity index (χ4n) is 1.37. The van der Waals surface area contributed by atoms with E-state index in [1.807, 2.05) is 26.0 Å². The monoisotopic (exact) mass is 206 g/mol. The van der Waals surface area contributed by atoms with E-state index in [1.165, 1.54) is 6.20 Å². The van der Waals surface area contributed by atoms with Crippen LogP contribution in [0, 0.1) is 19.1 Å². The average molecular weight is 206 g/mol. The van der Waals surface area contributed by atoms with E-state index in [0.29, 0.717) is 5.69 Å². The molecule has 2 aromatic rings. The second-order valence-corrected chi connectivity index (χ2v) is 4.26. The van der Waals surface area contributed by atoms with Gasteiger partial charge in [-0.3, -0.25) is 0 Å². The van der Waals surface area contributed by atoms with E-state index in [2.05, 4.69) is 4.98 Å². The summed E-state index contributed by atoms with van der Waals surface area (Å²) in [5, 5.41) is 12.5. The highest BCUT2D eigenvalue weighted by atomic mass is 32.1. The van der Waals surface area contributed by atoms with Crippen molar-refractivity contribution in [2.75, 3.05) is 0 Å². The predicted octanol–water partition coefficient (Wildman–Crippen LogP) is 2.06. The van der Waals surface area contributed by atoms with Crippen molar-refractivity contribution in [3.63, 3.8) is 0 Å². The van der Waals surface area contributed by atoms with Gasteiger partial charge in [-0.25, -0.2) is 4.98 Å². The van der Waals surface area contributed by atoms with Crippen molar-refractivity contribution < 1.29 is 4.73 Å². The maximum atomic E-state index is 11.5. The molecule has 0 aliphatic rings. The summed E-state index contributed by atoms with van der Waals surface area (Å²) in [7, 11) is 0. The molecule has 0 saturated carbocycles. The first-order chi connectivity index (χ1) is 6.68. The molecule has 0 saturated heterocycles. The normalized spacial score (nSPS) is 10.4. The topological polar surface area (TPSA) is 39.8 Å². The Kier molecular flexibility index (Phi) is 2.21. The quantitative estimate of drug-likeness (QED) is 0.529. The molecule has 3 nitrogen and oxygen atoms in total. The fourth-order valence-corrected chi connectivity index (χ4v) is 2.31. The van der Waals surface area contributed by atoms with Crippen molar-refractivity contribution in [2.24, 2.45) is 0 Å². The Bertz CT molecular complexity index is 465. The van der Waals surface area contributed by atoms with E-state index in [9.17, 15) is 5.21 Å². The van der Waals surface area contributed by atoms with Gasteiger partial charge in [-0.2, -0.15) is 4.73 Å². The molecular weight excluding hydrogens is 196 g/mol. The summed E-state index contributed by atoms with van der Waals surface area (Å²) in [5.41, 5.74) is 1.60. The summed E-state index contributed by atoms with van der Waals surface area (Å²) >= 11 is 1.55. The minimum absolute atomic E-state index is 0.676. The maximum absolute atomic E-state index is 11.5. The lowest BCUT2D eigenvalue weighted by molar-refractivity contribution is -0.593. The van der Waals surface area contributed by atoms with Crippen LogP contribution in [0.5, 0.6) is 0 Å². The average Bonchev–Trinajstić information content (AvgIpc) is 2.46. The first kappa shape index (κ1) is 9.15. The molecule has 0 spiro atoms. The number of hydrogen-bond donors (Lipinski definition) is 0. The zero-order valence-corrected chi connectivity index (χ0v) is 8.84. The number of aryl methyl sites for hydroxylation is 2. The number of nitrogens with zero attached hydrogens (tertiary/aromatic N) is 2. The molecule has 2 aromatic heterocycles. The summed E-state index contributed by atoms with van der Waals surface area (Å²) in [6.45, 7) is 3.87. The van der Waals surface area contributed by atoms with E-state index >= 15 is 0 Å². The van der Waals surface area contributed by atoms with Crippen LogP contribution in [0.4, 0.5) is 0 Å². The lowest BCUT2D eigenvalue weighted by Crippen LogP contribution is -2.27. The second kappa shape index (κ2) is 3.38. The lowest BCUT2D eigenvalue weighted by atomic mass is 10.3. The minimum atomic E-state index is 0.676. The molecule has 0 amide bonds. The van der Waals surface area contributed by atoms with Crippen molar-refractivity contribution in [3.05, 3.63) is 40.3 Å². The van der Waals surface area contributed by atoms with Gasteiger partial charge in [0.1, 0.15) is 4.88 Å². The standard InChI is InChI=1S/C10H10N2OS/c1-7-10(14-8(2)11-7)9-5-3-4-6-12(9)13/h3-6H,1-2H3. The molecule has 0 unspecified atom stereocenters. The van der Waals surface area contributed by atoms with E-state index in [1.54, 1.807) is 17.4 Å². The molecule has 2 rings (SSSR count). The van der Waals surface area contributed by atoms with E-state index < -0.39 is 0 Å². The van der Waals surface area contributed by atoms with Crippen LogP contribution >= 0.6 is 11.3 Å². The zero-order valence-electron chi connectivity index (χ0n) is 8.02. The Labute approximate surface area is 86.3 Å². The zero-order chi connectivity index (χ0) is 10.1. The van der Waals surface area contributed by atoms with Gasteiger partial charge in [-0.05, 0) is 19.9 Å². The third kappa shape index (κ3) is 1.48. The predicted molar refractivity (Wildman–Crippen MR) is 56.0 cm³/mol. The van der Waals surface area contributed by atoms with Gasteiger partial charge in [0.25, 0.3) is 0 Å². The smallest absolute Gasteiger partial charge is 0.235 e. The Hall–Kier alpha value is -1.42. The first-order valence-corrected chi connectivity index (χ1v) is 5.13. The molecule has 0 radical (unpaired) electrons. The van der Waals surface area contributed by atoms with Gasteiger partial charge in [-0.15, -0.1) is 11.3 Å². The van der Waals surface area contributed by atoms with Gasteiger partial charge in [0.05, 0.1) is 10.7 Å². The summed E-state index contributed by atoms with van der Waals surface area (Å²) < 4.78 is 0.875. The van der Waals surface area contributed by atoms with Crippen LogP contribution in [0.25, 0.3) is 10.6 Å². The van der Waals surface area contributed by atoms with Crippen molar-refractivity contribution in [1.29, 1.82) is 0 Å². The van der Waals surface area contributed by atoms with Crippen LogP contribution in [0.2, 0.25) is 0 Å². The second-order valence-electron chi connectivity index (χ2n) is 3.06. The number of aromatic nitrogens is 2. The van der Waals surface area contributed by atoms with Gasteiger partial charge >= 0.3 is 0 Å². The van der Waals surface area contributed by atoms with E-state index in [4.69, 9.17) is 0 Å². The summed E-state index contributed by atoms with van der Waals surface area (Å²) in [6.07, 6.45) is 1.50. The summed E-state index contributed by atoms with van der Waals surface area (Å²) in [6, 6.07) is 5.39. The largest absolute Gasteiger partial charge is 0.618 e. The molecule has 0 atom stereocenters. The van der Waals surface area contributed by atoms with E-state index in [0.717, 1.165) is 20.3 Å². The number of rotatable bonds is 1. The molecule has 0 aromatic carbocycles. The van der Waals surface area contributed by atoms with Crippen LogP contribution < -0.4 is 4.73 Å². The number of thiazole rings is 1. The molecule has 72 valence electrons. The molecule has 14 heavy (non-hydrogen) atoms. The third-order valence-electron chi connectivity index (χ3n) is 1.96. The van der Waals surface area contributed by atoms with Gasteiger partial charge in [0, 0.05) is 12.1 Å². The van der Waals surface area contributed by atoms with Crippen molar-refractivity contribution >= 4 is 11.3 Å². The number of hydrogen-bond acceptors (Lipinski definition) is 3. The summed E-state index contributed by atoms with van der Waals surface area (Å²) in [5.74, 6) is 0. The molecule has 0 bridgehead atoms. The van der Waals surface area contributed by atoms with Gasteiger partial charge in [0.15, 0.2) is 6.20 Å². The molecule has 0 aliphatic heterocycles. The SMILES string of the molecule is Cc1nc(C)c(-c2cccc[n+]2[O-])s1. The third-order valence-corrected chi connectivity index (χ3v) is 3.06. The maximum Gasteiger partial charge on any atom is 0.235 e. The van der Waals surface area contributed by atoms with E-state index in [-0.39, 0.29) is 0 Å². The molecular formula is C10H10N2OS. The van der Waals surface area contributed by atoms with Crippen LogP contribution in [-0.2, 0) is 0 Å². The highest BCUT2D eigenvalue weighted by Crippen LogP contribution is 2.26. The highest BCUT2D eigenvalue weighted by Gasteiger charge is 2.14. The molecule has 0 N–H and O–H groups in total. The van der Waals surface area contributed by atoms with Gasteiger partial charge in [0.2, 0.25) is 5.69 Å². The first-order valence-electron chi connectivity index (χ1n) is 4.31. The Morgan fingerprint density at radius 1 is 1.36 bits per heavy atom. The van der Waals surface area contributed by atoms with Gasteiger partial charge < -0.3 is 5.21 Å². The molecule has 0 fully saturated rings. The molecule has 2 heterocycles. The van der Waals surface area contributed by atoms with Crippen molar-refractivity contribution in [1.82, 2.24) is 4.98 Å². The summed E-state index contributed by atoms with van der Waals surface area (Å²) in [4.78, 5) is 5.25. The Balaban J connectivity index is 2.60. The van der Waals surface area contributed by atoms with Crippen molar-refractivity contribution in [2.45, 2.75) is 13.8 Å². The minimum Gasteiger partial charge on any atom is -0.618 e. The Morgan fingerprint density at radius 3 is 2.71 bits per heavy atom. The highest BCUT2D eigenvalue weighted by molar-refractivity contribution is 7.15. The van der Waals surface area contributed by atoms with Crippen LogP contribution in [-0.4, -0.2) is 4.98 Å². The van der Waals surface area contributed by atoms with Crippen molar-refractivity contribution in [3.8, 4) is 10.6 Å². The van der Waals surface area contributed by atoms with Crippen LogP contribution in [0.3, 0.4) is 0 Å².